The van der Waals surface area contributed by atoms with E-state index in [-0.39, 0.29) is 5.76 Å². The van der Waals surface area contributed by atoms with Crippen LogP contribution < -0.4 is 10.2 Å². The Balaban J connectivity index is 1.58. The van der Waals surface area contributed by atoms with E-state index in [0.29, 0.717) is 16.9 Å². The van der Waals surface area contributed by atoms with Gasteiger partial charge in [-0.3, -0.25) is 4.79 Å². The minimum absolute atomic E-state index is 0.177. The van der Waals surface area contributed by atoms with E-state index in [0.717, 1.165) is 5.39 Å². The van der Waals surface area contributed by atoms with Crippen molar-refractivity contribution in [2.24, 2.45) is 5.10 Å². The van der Waals surface area contributed by atoms with Crippen molar-refractivity contribution in [2.45, 2.75) is 0 Å². The summed E-state index contributed by atoms with van der Waals surface area (Å²) in [5, 5.41) is 13.3. The number of amides is 1. The molecule has 0 aliphatic heterocycles. The van der Waals surface area contributed by atoms with Gasteiger partial charge in [0.1, 0.15) is 11.3 Å². The summed E-state index contributed by atoms with van der Waals surface area (Å²) < 4.78 is 10.5. The lowest BCUT2D eigenvalue weighted by molar-refractivity contribution is -0.139. The molecule has 0 atom stereocenters. The van der Waals surface area contributed by atoms with E-state index in [1.165, 1.54) is 6.21 Å². The second kappa shape index (κ2) is 7.31. The van der Waals surface area contributed by atoms with E-state index < -0.39 is 18.5 Å². The van der Waals surface area contributed by atoms with Crippen molar-refractivity contribution in [3.05, 3.63) is 65.9 Å². The number of aliphatic carboxylic acids is 1. The van der Waals surface area contributed by atoms with E-state index in [2.05, 4.69) is 10.5 Å². The second-order valence-corrected chi connectivity index (χ2v) is 5.10. The Morgan fingerprint density at radius 2 is 1.92 bits per heavy atom. The monoisotopic (exact) mass is 338 g/mol. The molecule has 0 fully saturated rings. The standard InChI is InChI=1S/C18H14N2O5/c21-17(22)11-24-14-7-5-12(6-8-14)10-19-20-18(23)16-9-13-3-1-2-4-15(13)25-16/h1-10H,11H2,(H,20,23)(H,21,22)/b19-10+. The number of fused-ring (bicyclic) bond motifs is 1. The summed E-state index contributed by atoms with van der Waals surface area (Å²) in [5.74, 6) is -0.880. The number of benzene rings is 2. The highest BCUT2D eigenvalue weighted by molar-refractivity contribution is 5.96. The Kier molecular flexibility index (Phi) is 4.75. The van der Waals surface area contributed by atoms with Crippen molar-refractivity contribution < 1.29 is 23.8 Å². The predicted molar refractivity (Wildman–Crippen MR) is 90.8 cm³/mol. The molecule has 1 amide bonds. The Labute approximate surface area is 142 Å². The summed E-state index contributed by atoms with van der Waals surface area (Å²) in [4.78, 5) is 22.4. The number of nitrogens with one attached hydrogen (secondary N) is 1. The molecule has 0 saturated carbocycles. The van der Waals surface area contributed by atoms with Gasteiger partial charge in [-0.15, -0.1) is 0 Å². The van der Waals surface area contributed by atoms with Crippen LogP contribution in [0.15, 0.2) is 64.1 Å². The van der Waals surface area contributed by atoms with Crippen LogP contribution in [0.2, 0.25) is 0 Å². The van der Waals surface area contributed by atoms with Crippen LogP contribution in [0.25, 0.3) is 11.0 Å². The third kappa shape index (κ3) is 4.23. The third-order valence-corrected chi connectivity index (χ3v) is 3.27. The van der Waals surface area contributed by atoms with Gasteiger partial charge in [-0.1, -0.05) is 18.2 Å². The summed E-state index contributed by atoms with van der Waals surface area (Å²) in [6, 6.07) is 15.6. The molecule has 126 valence electrons. The first-order chi connectivity index (χ1) is 12.1. The normalized spacial score (nSPS) is 10.9. The quantitative estimate of drug-likeness (QED) is 0.531. The average molecular weight is 338 g/mol. The first kappa shape index (κ1) is 16.3. The van der Waals surface area contributed by atoms with Gasteiger partial charge in [-0.25, -0.2) is 10.2 Å². The zero-order valence-electron chi connectivity index (χ0n) is 13.0. The first-order valence-corrected chi connectivity index (χ1v) is 7.38. The summed E-state index contributed by atoms with van der Waals surface area (Å²) in [6.45, 7) is -0.402. The lowest BCUT2D eigenvalue weighted by atomic mass is 10.2. The van der Waals surface area contributed by atoms with Gasteiger partial charge in [0.15, 0.2) is 12.4 Å². The Hall–Kier alpha value is -3.61. The third-order valence-electron chi connectivity index (χ3n) is 3.27. The van der Waals surface area contributed by atoms with Crippen LogP contribution in [-0.2, 0) is 4.79 Å². The lowest BCUT2D eigenvalue weighted by Gasteiger charge is -2.02. The SMILES string of the molecule is O=C(O)COc1ccc(/C=N/NC(=O)c2cc3ccccc3o2)cc1. The molecule has 0 aliphatic rings. The number of nitrogens with zero attached hydrogens (tertiary/aromatic N) is 1. The van der Waals surface area contributed by atoms with Gasteiger partial charge in [-0.05, 0) is 42.0 Å². The molecule has 3 rings (SSSR count). The maximum absolute atomic E-state index is 12.0. The maximum atomic E-state index is 12.0. The maximum Gasteiger partial charge on any atom is 0.341 e. The van der Waals surface area contributed by atoms with Crippen molar-refractivity contribution in [3.63, 3.8) is 0 Å². The van der Waals surface area contributed by atoms with Crippen LogP contribution in [0.1, 0.15) is 16.1 Å². The van der Waals surface area contributed by atoms with Gasteiger partial charge in [0.25, 0.3) is 0 Å². The van der Waals surface area contributed by atoms with Gasteiger partial charge in [0, 0.05) is 5.39 Å². The molecule has 2 N–H and O–H groups in total. The van der Waals surface area contributed by atoms with Crippen molar-refractivity contribution >= 4 is 29.1 Å². The van der Waals surface area contributed by atoms with Crippen LogP contribution >= 0.6 is 0 Å². The lowest BCUT2D eigenvalue weighted by Crippen LogP contribution is -2.16. The summed E-state index contributed by atoms with van der Waals surface area (Å²) in [7, 11) is 0. The molecule has 0 saturated heterocycles. The second-order valence-electron chi connectivity index (χ2n) is 5.10. The molecule has 0 spiro atoms. The number of hydrazone groups is 1. The van der Waals surface area contributed by atoms with Gasteiger partial charge >= 0.3 is 11.9 Å². The molecule has 25 heavy (non-hydrogen) atoms. The minimum Gasteiger partial charge on any atom is -0.482 e. The van der Waals surface area contributed by atoms with Crippen molar-refractivity contribution in [1.29, 1.82) is 0 Å². The zero-order chi connectivity index (χ0) is 17.6. The molecular formula is C18H14N2O5. The van der Waals surface area contributed by atoms with E-state index in [1.54, 1.807) is 36.4 Å². The van der Waals surface area contributed by atoms with E-state index >= 15 is 0 Å². The van der Waals surface area contributed by atoms with Gasteiger partial charge in [0.2, 0.25) is 0 Å². The number of ether oxygens (including phenoxy) is 1. The molecule has 0 bridgehead atoms. The van der Waals surface area contributed by atoms with E-state index in [4.69, 9.17) is 14.3 Å². The topological polar surface area (TPSA) is 101 Å². The van der Waals surface area contributed by atoms with Crippen LogP contribution in [0.3, 0.4) is 0 Å². The van der Waals surface area contributed by atoms with Crippen LogP contribution in [0.4, 0.5) is 0 Å². The number of rotatable bonds is 6. The number of carbonyl (C=O) groups excluding carboxylic acids is 1. The number of para-hydroxylation sites is 1. The summed E-state index contributed by atoms with van der Waals surface area (Å²) in [6.07, 6.45) is 1.46. The van der Waals surface area contributed by atoms with Crippen LogP contribution in [0.5, 0.6) is 5.75 Å². The molecule has 7 nitrogen and oxygen atoms in total. The van der Waals surface area contributed by atoms with E-state index in [9.17, 15) is 9.59 Å². The molecule has 0 radical (unpaired) electrons. The van der Waals surface area contributed by atoms with Crippen molar-refractivity contribution in [2.75, 3.05) is 6.61 Å². The fraction of sp³-hybridized carbons (Fsp3) is 0.0556. The van der Waals surface area contributed by atoms with Crippen molar-refractivity contribution in [3.8, 4) is 5.75 Å². The number of furan rings is 1. The number of carboxylic acids is 1. The smallest absolute Gasteiger partial charge is 0.341 e. The van der Waals surface area contributed by atoms with E-state index in [1.807, 2.05) is 18.2 Å². The number of hydrogen-bond acceptors (Lipinski definition) is 5. The Morgan fingerprint density at radius 3 is 2.64 bits per heavy atom. The average Bonchev–Trinajstić information content (AvgIpc) is 3.05. The molecule has 1 heterocycles. The molecule has 7 heteroatoms. The fourth-order valence-electron chi connectivity index (χ4n) is 2.11. The van der Waals surface area contributed by atoms with Crippen LogP contribution in [0, 0.1) is 0 Å². The highest BCUT2D eigenvalue weighted by Crippen LogP contribution is 2.18. The minimum atomic E-state index is -1.04. The fourth-order valence-corrected chi connectivity index (χ4v) is 2.11. The number of hydrogen-bond donors (Lipinski definition) is 2. The molecular weight excluding hydrogens is 324 g/mol. The molecule has 0 aliphatic carbocycles. The highest BCUT2D eigenvalue weighted by Gasteiger charge is 2.10. The van der Waals surface area contributed by atoms with Gasteiger partial charge < -0.3 is 14.3 Å². The Bertz CT molecular complexity index is 895. The number of carbonyl (C=O) groups is 2. The zero-order valence-corrected chi connectivity index (χ0v) is 13.0. The summed E-state index contributed by atoms with van der Waals surface area (Å²) >= 11 is 0. The van der Waals surface area contributed by atoms with Gasteiger partial charge in [-0.2, -0.15) is 5.10 Å². The highest BCUT2D eigenvalue weighted by atomic mass is 16.5. The number of carboxylic acid groups (broad SMARTS) is 1. The predicted octanol–water partition coefficient (Wildman–Crippen LogP) is 2.66. The van der Waals surface area contributed by atoms with Gasteiger partial charge in [0.05, 0.1) is 6.21 Å². The summed E-state index contributed by atoms with van der Waals surface area (Å²) in [5.41, 5.74) is 3.74. The molecule has 3 aromatic rings. The molecule has 0 unspecified atom stereocenters. The molecule has 2 aromatic carbocycles. The first-order valence-electron chi connectivity index (χ1n) is 7.38. The Morgan fingerprint density at radius 1 is 1.16 bits per heavy atom. The molecule has 1 aromatic heterocycles. The largest absolute Gasteiger partial charge is 0.482 e. The van der Waals surface area contributed by atoms with Crippen molar-refractivity contribution in [1.82, 2.24) is 5.43 Å². The van der Waals surface area contributed by atoms with Crippen LogP contribution in [-0.4, -0.2) is 29.8 Å².